The van der Waals surface area contributed by atoms with Gasteiger partial charge in [-0.15, -0.1) is 0 Å². The summed E-state index contributed by atoms with van der Waals surface area (Å²) in [7, 11) is 0. The van der Waals surface area contributed by atoms with Crippen LogP contribution in [0.3, 0.4) is 0 Å². The van der Waals surface area contributed by atoms with Crippen LogP contribution < -0.4 is 0 Å². The fourth-order valence-electron chi connectivity index (χ4n) is 0.977. The number of aromatic hydroxyl groups is 1. The third-order valence-corrected chi connectivity index (χ3v) is 2.29. The first-order valence-electron chi connectivity index (χ1n) is 3.56. The largest absolute Gasteiger partial charge is 0.506 e. The number of hydrogen-bond acceptors (Lipinski definition) is 2. The maximum atomic E-state index is 9.57. The lowest BCUT2D eigenvalue weighted by atomic mass is 10.1. The van der Waals surface area contributed by atoms with Crippen LogP contribution in [0, 0.1) is 6.92 Å². The molecule has 0 atom stereocenters. The van der Waals surface area contributed by atoms with E-state index in [-0.39, 0.29) is 5.75 Å². The van der Waals surface area contributed by atoms with Crippen LogP contribution in [0.25, 0.3) is 6.08 Å². The van der Waals surface area contributed by atoms with Crippen molar-refractivity contribution in [2.45, 2.75) is 12.3 Å². The molecule has 3 heteroatoms. The van der Waals surface area contributed by atoms with Crippen molar-refractivity contribution in [2.24, 2.45) is 0 Å². The van der Waals surface area contributed by atoms with Crippen LogP contribution in [-0.4, -0.2) is 10.1 Å². The Morgan fingerprint density at radius 2 is 2.42 bits per heavy atom. The van der Waals surface area contributed by atoms with Gasteiger partial charge in [-0.2, -0.15) is 0 Å². The Bertz CT molecular complexity index is 310. The molecule has 1 rings (SSSR count). The molecule has 0 spiro atoms. The molecule has 0 aromatic carbocycles. The van der Waals surface area contributed by atoms with Crippen LogP contribution in [0.2, 0.25) is 0 Å². The van der Waals surface area contributed by atoms with E-state index in [1.165, 1.54) is 0 Å². The zero-order valence-corrected chi connectivity index (χ0v) is 8.43. The van der Waals surface area contributed by atoms with Crippen molar-refractivity contribution < 1.29 is 5.11 Å². The fraction of sp³-hybridized carbons (Fsp3) is 0.222. The number of aromatic nitrogens is 1. The molecule has 2 nitrogen and oxygen atoms in total. The zero-order valence-electron chi connectivity index (χ0n) is 6.84. The van der Waals surface area contributed by atoms with Crippen molar-refractivity contribution in [3.63, 3.8) is 0 Å². The summed E-state index contributed by atoms with van der Waals surface area (Å²) in [6.07, 6.45) is 3.39. The Hall–Kier alpha value is -0.830. The minimum atomic E-state index is 0.254. The highest BCUT2D eigenvalue weighted by Crippen LogP contribution is 2.26. The molecule has 0 saturated heterocycles. The quantitative estimate of drug-likeness (QED) is 0.789. The molecule has 1 aromatic rings. The predicted octanol–water partition coefficient (Wildman–Crippen LogP) is 2.63. The van der Waals surface area contributed by atoms with E-state index in [2.05, 4.69) is 27.5 Å². The molecule has 1 N–H and O–H groups in total. The van der Waals surface area contributed by atoms with Crippen molar-refractivity contribution in [1.82, 2.24) is 4.98 Å². The third kappa shape index (κ3) is 1.50. The highest BCUT2D eigenvalue weighted by molar-refractivity contribution is 9.08. The fourth-order valence-corrected chi connectivity index (χ4v) is 1.57. The summed E-state index contributed by atoms with van der Waals surface area (Å²) in [5.74, 6) is 0.254. The molecule has 0 radical (unpaired) electrons. The molecular weight excluding hydrogens is 218 g/mol. The summed E-state index contributed by atoms with van der Waals surface area (Å²) >= 11 is 3.30. The van der Waals surface area contributed by atoms with Crippen molar-refractivity contribution in [3.05, 3.63) is 29.6 Å². The number of rotatable bonds is 2. The van der Waals surface area contributed by atoms with E-state index >= 15 is 0 Å². The van der Waals surface area contributed by atoms with Gasteiger partial charge in [-0.25, -0.2) is 0 Å². The Balaban J connectivity index is 3.35. The van der Waals surface area contributed by atoms with E-state index in [1.807, 2.05) is 0 Å². The average molecular weight is 228 g/mol. The smallest absolute Gasteiger partial charge is 0.141 e. The second-order valence-electron chi connectivity index (χ2n) is 2.46. The van der Waals surface area contributed by atoms with Gasteiger partial charge in [-0.3, -0.25) is 4.98 Å². The maximum Gasteiger partial charge on any atom is 0.141 e. The minimum Gasteiger partial charge on any atom is -0.506 e. The Morgan fingerprint density at radius 3 is 2.92 bits per heavy atom. The molecule has 12 heavy (non-hydrogen) atoms. The Labute approximate surface area is 80.1 Å². The standard InChI is InChI=1S/C9H10BrNO/c1-3-7-5-11-6(2)9(12)8(7)4-10/h3,5,12H,1,4H2,2H3. The number of pyridine rings is 1. The molecule has 0 aliphatic carbocycles. The Morgan fingerprint density at radius 1 is 1.75 bits per heavy atom. The molecule has 0 aliphatic rings. The van der Waals surface area contributed by atoms with Crippen molar-refractivity contribution in [1.29, 1.82) is 0 Å². The normalized spacial score (nSPS) is 9.83. The van der Waals surface area contributed by atoms with Gasteiger partial charge in [0, 0.05) is 17.1 Å². The molecular formula is C9H10BrNO. The average Bonchev–Trinajstić information content (AvgIpc) is 2.09. The molecule has 0 amide bonds. The van der Waals surface area contributed by atoms with Crippen LogP contribution >= 0.6 is 15.9 Å². The highest BCUT2D eigenvalue weighted by Gasteiger charge is 2.07. The Kier molecular flexibility index (Phi) is 2.87. The lowest BCUT2D eigenvalue weighted by Crippen LogP contribution is -1.91. The van der Waals surface area contributed by atoms with Crippen LogP contribution in [-0.2, 0) is 5.33 Å². The maximum absolute atomic E-state index is 9.57. The van der Waals surface area contributed by atoms with Gasteiger partial charge >= 0.3 is 0 Å². The van der Waals surface area contributed by atoms with E-state index in [0.717, 1.165) is 11.1 Å². The van der Waals surface area contributed by atoms with Crippen molar-refractivity contribution in [3.8, 4) is 5.75 Å². The van der Waals surface area contributed by atoms with E-state index < -0.39 is 0 Å². The van der Waals surface area contributed by atoms with Crippen LogP contribution in [0.1, 0.15) is 16.8 Å². The number of alkyl halides is 1. The van der Waals surface area contributed by atoms with Gasteiger partial charge in [-0.1, -0.05) is 28.6 Å². The molecule has 0 saturated carbocycles. The number of aryl methyl sites for hydroxylation is 1. The topological polar surface area (TPSA) is 33.1 Å². The van der Waals surface area contributed by atoms with Crippen LogP contribution in [0.4, 0.5) is 0 Å². The van der Waals surface area contributed by atoms with E-state index in [1.54, 1.807) is 19.2 Å². The van der Waals surface area contributed by atoms with Gasteiger partial charge in [0.25, 0.3) is 0 Å². The number of halogens is 1. The lowest BCUT2D eigenvalue weighted by Gasteiger charge is -2.06. The molecule has 0 bridgehead atoms. The molecule has 1 aromatic heterocycles. The van der Waals surface area contributed by atoms with Crippen molar-refractivity contribution in [2.75, 3.05) is 0 Å². The first kappa shape index (κ1) is 9.26. The van der Waals surface area contributed by atoms with E-state index in [9.17, 15) is 5.11 Å². The zero-order chi connectivity index (χ0) is 9.14. The molecule has 0 aliphatic heterocycles. The van der Waals surface area contributed by atoms with E-state index in [4.69, 9.17) is 0 Å². The first-order valence-corrected chi connectivity index (χ1v) is 4.68. The van der Waals surface area contributed by atoms with Gasteiger partial charge in [0.2, 0.25) is 0 Å². The second-order valence-corrected chi connectivity index (χ2v) is 3.02. The molecule has 0 fully saturated rings. The second kappa shape index (κ2) is 3.72. The summed E-state index contributed by atoms with van der Waals surface area (Å²) in [5.41, 5.74) is 2.36. The molecule has 0 unspecified atom stereocenters. The van der Waals surface area contributed by atoms with Crippen LogP contribution in [0.15, 0.2) is 12.8 Å². The summed E-state index contributed by atoms with van der Waals surface area (Å²) in [4.78, 5) is 4.02. The minimum absolute atomic E-state index is 0.254. The SMILES string of the molecule is C=Cc1cnc(C)c(O)c1CBr. The van der Waals surface area contributed by atoms with Gasteiger partial charge < -0.3 is 5.11 Å². The van der Waals surface area contributed by atoms with Crippen molar-refractivity contribution >= 4 is 22.0 Å². The summed E-state index contributed by atoms with van der Waals surface area (Å²) in [5, 5.41) is 10.2. The summed E-state index contributed by atoms with van der Waals surface area (Å²) in [6.45, 7) is 5.41. The first-order chi connectivity index (χ1) is 5.70. The lowest BCUT2D eigenvalue weighted by molar-refractivity contribution is 0.463. The van der Waals surface area contributed by atoms with Gasteiger partial charge in [0.1, 0.15) is 5.75 Å². The van der Waals surface area contributed by atoms with Gasteiger partial charge in [-0.05, 0) is 12.5 Å². The third-order valence-electron chi connectivity index (χ3n) is 1.73. The number of nitrogens with zero attached hydrogens (tertiary/aromatic N) is 1. The molecule has 64 valence electrons. The summed E-state index contributed by atoms with van der Waals surface area (Å²) < 4.78 is 0. The monoisotopic (exact) mass is 227 g/mol. The van der Waals surface area contributed by atoms with Gasteiger partial charge in [0.15, 0.2) is 0 Å². The van der Waals surface area contributed by atoms with Crippen LogP contribution in [0.5, 0.6) is 5.75 Å². The predicted molar refractivity (Wildman–Crippen MR) is 53.4 cm³/mol. The van der Waals surface area contributed by atoms with E-state index in [0.29, 0.717) is 11.0 Å². The number of hydrogen-bond donors (Lipinski definition) is 1. The highest BCUT2D eigenvalue weighted by atomic mass is 79.9. The molecule has 1 heterocycles. The summed E-state index contributed by atoms with van der Waals surface area (Å²) in [6, 6.07) is 0. The van der Waals surface area contributed by atoms with Gasteiger partial charge in [0.05, 0.1) is 5.69 Å².